The maximum Gasteiger partial charge on any atom is 0.0891 e. The number of alkyl halides is 1. The quantitative estimate of drug-likeness (QED) is 0.371. The van der Waals surface area contributed by atoms with Crippen LogP contribution in [0.25, 0.3) is 0 Å². The zero-order chi connectivity index (χ0) is 4.83. The molecule has 0 saturated heterocycles. The molecule has 0 aromatic heterocycles. The van der Waals surface area contributed by atoms with Crippen LogP contribution in [0.3, 0.4) is 0 Å². The molecule has 6 heavy (non-hydrogen) atoms. The van der Waals surface area contributed by atoms with Gasteiger partial charge in [-0.15, -0.1) is 0 Å². The molecule has 0 aliphatic carbocycles. The number of hydrogen-bond acceptors (Lipinski definition) is 0. The van der Waals surface area contributed by atoms with E-state index in [9.17, 15) is 4.39 Å². The van der Waals surface area contributed by atoms with E-state index in [4.69, 9.17) is 0 Å². The molecule has 0 aliphatic rings. The van der Waals surface area contributed by atoms with Crippen molar-refractivity contribution in [3.63, 3.8) is 0 Å². The molecule has 0 spiro atoms. The van der Waals surface area contributed by atoms with Crippen molar-refractivity contribution in [2.24, 2.45) is 0 Å². The van der Waals surface area contributed by atoms with Gasteiger partial charge in [-0.1, -0.05) is 12.6 Å². The summed E-state index contributed by atoms with van der Waals surface area (Å²) in [6, 6.07) is 1.18. The fourth-order valence-corrected chi connectivity index (χ4v) is 1.03. The molecule has 0 N–H and O–H groups in total. The molecular formula is C4H11FSi. The third-order valence-corrected chi connectivity index (χ3v) is 1.94. The molecule has 38 valence electrons. The second-order valence-electron chi connectivity index (χ2n) is 1.40. The van der Waals surface area contributed by atoms with E-state index in [1.54, 1.807) is 0 Å². The van der Waals surface area contributed by atoms with Crippen molar-refractivity contribution in [3.8, 4) is 0 Å². The van der Waals surface area contributed by atoms with Crippen LogP contribution in [0.4, 0.5) is 4.39 Å². The standard InChI is InChI=1S/C4H11FSi/c1-6-4-2-3-5/h2-4,6H2,1H3. The third-order valence-electron chi connectivity index (χ3n) is 0.737. The van der Waals surface area contributed by atoms with Crippen molar-refractivity contribution < 1.29 is 4.39 Å². The molecule has 0 aromatic rings. The Labute approximate surface area is 40.6 Å². The van der Waals surface area contributed by atoms with Crippen molar-refractivity contribution >= 4 is 9.52 Å². The highest BCUT2D eigenvalue weighted by atomic mass is 28.2. The molecule has 0 saturated carbocycles. The van der Waals surface area contributed by atoms with Gasteiger partial charge in [-0.05, 0) is 6.42 Å². The zero-order valence-electron chi connectivity index (χ0n) is 4.21. The van der Waals surface area contributed by atoms with Gasteiger partial charge >= 0.3 is 0 Å². The second kappa shape index (κ2) is 5.15. The molecule has 0 aromatic carbocycles. The Balaban J connectivity index is 2.34. The lowest BCUT2D eigenvalue weighted by Crippen LogP contribution is -1.80. The number of halogens is 1. The fourth-order valence-electron chi connectivity index (χ4n) is 0.344. The van der Waals surface area contributed by atoms with Crippen molar-refractivity contribution in [2.75, 3.05) is 6.67 Å². The van der Waals surface area contributed by atoms with Crippen LogP contribution in [0.1, 0.15) is 6.42 Å². The van der Waals surface area contributed by atoms with Gasteiger partial charge < -0.3 is 0 Å². The van der Waals surface area contributed by atoms with E-state index in [0.29, 0.717) is 0 Å². The van der Waals surface area contributed by atoms with E-state index in [1.165, 1.54) is 6.04 Å². The normalized spacial score (nSPS) is 11.0. The van der Waals surface area contributed by atoms with Gasteiger partial charge in [0, 0.05) is 9.52 Å². The first-order valence-electron chi connectivity index (χ1n) is 2.47. The highest BCUT2D eigenvalue weighted by molar-refractivity contribution is 6.33. The van der Waals surface area contributed by atoms with Gasteiger partial charge in [0.25, 0.3) is 0 Å². The van der Waals surface area contributed by atoms with E-state index in [1.807, 2.05) is 0 Å². The Morgan fingerprint density at radius 2 is 2.33 bits per heavy atom. The number of hydrogen-bond donors (Lipinski definition) is 0. The van der Waals surface area contributed by atoms with Crippen molar-refractivity contribution in [2.45, 2.75) is 19.0 Å². The summed E-state index contributed by atoms with van der Waals surface area (Å²) in [4.78, 5) is 0. The lowest BCUT2D eigenvalue weighted by atomic mass is 10.6. The van der Waals surface area contributed by atoms with Gasteiger partial charge in [-0.3, -0.25) is 4.39 Å². The van der Waals surface area contributed by atoms with Crippen LogP contribution >= 0.6 is 0 Å². The minimum Gasteiger partial charge on any atom is -0.251 e. The van der Waals surface area contributed by atoms with E-state index >= 15 is 0 Å². The van der Waals surface area contributed by atoms with E-state index in [2.05, 4.69) is 6.55 Å². The van der Waals surface area contributed by atoms with Crippen LogP contribution in [0.5, 0.6) is 0 Å². The highest BCUT2D eigenvalue weighted by Crippen LogP contribution is 1.86. The fraction of sp³-hybridized carbons (Fsp3) is 1.00. The molecule has 0 bridgehead atoms. The summed E-state index contributed by atoms with van der Waals surface area (Å²) in [5.41, 5.74) is 0. The molecule has 0 rings (SSSR count). The van der Waals surface area contributed by atoms with Gasteiger partial charge in [0.05, 0.1) is 6.67 Å². The molecule has 0 amide bonds. The topological polar surface area (TPSA) is 0 Å². The minimum absolute atomic E-state index is 0.110. The molecule has 2 heteroatoms. The predicted octanol–water partition coefficient (Wildman–Crippen LogP) is 0.981. The Kier molecular flexibility index (Phi) is 5.27. The minimum atomic E-state index is -0.110. The van der Waals surface area contributed by atoms with Crippen molar-refractivity contribution in [3.05, 3.63) is 0 Å². The molecule has 0 heterocycles. The van der Waals surface area contributed by atoms with E-state index in [0.717, 1.165) is 6.42 Å². The molecule has 0 unspecified atom stereocenters. The summed E-state index contributed by atoms with van der Waals surface area (Å²) < 4.78 is 11.2. The average Bonchev–Trinajstić information content (AvgIpc) is 1.61. The van der Waals surface area contributed by atoms with Crippen molar-refractivity contribution in [1.29, 1.82) is 0 Å². The van der Waals surface area contributed by atoms with Crippen LogP contribution in [0.2, 0.25) is 12.6 Å². The lowest BCUT2D eigenvalue weighted by Gasteiger charge is -1.83. The molecule has 0 radical (unpaired) electrons. The summed E-state index contributed by atoms with van der Waals surface area (Å²) in [6.45, 7) is 2.09. The largest absolute Gasteiger partial charge is 0.251 e. The van der Waals surface area contributed by atoms with E-state index in [-0.39, 0.29) is 16.2 Å². The average molecular weight is 106 g/mol. The summed E-state index contributed by atoms with van der Waals surface area (Å²) in [5, 5.41) is 0. The van der Waals surface area contributed by atoms with E-state index < -0.39 is 0 Å². The smallest absolute Gasteiger partial charge is 0.0891 e. The first kappa shape index (κ1) is 6.15. The molecular weight excluding hydrogens is 95.1 g/mol. The van der Waals surface area contributed by atoms with Crippen LogP contribution in [0, 0.1) is 0 Å². The monoisotopic (exact) mass is 106 g/mol. The zero-order valence-corrected chi connectivity index (χ0v) is 5.62. The summed E-state index contributed by atoms with van der Waals surface area (Å²) in [5.74, 6) is 0. The predicted molar refractivity (Wildman–Crippen MR) is 29.8 cm³/mol. The SMILES string of the molecule is C[SiH2]CCCF. The molecule has 0 fully saturated rings. The lowest BCUT2D eigenvalue weighted by molar-refractivity contribution is 0.486. The van der Waals surface area contributed by atoms with Crippen LogP contribution in [-0.2, 0) is 0 Å². The van der Waals surface area contributed by atoms with Gasteiger partial charge in [0.15, 0.2) is 0 Å². The molecule has 0 aliphatic heterocycles. The molecule has 0 atom stereocenters. The van der Waals surface area contributed by atoms with Crippen LogP contribution < -0.4 is 0 Å². The molecule has 0 nitrogen and oxygen atoms in total. The summed E-state index contributed by atoms with van der Waals surface area (Å²) in [7, 11) is 0.163. The first-order chi connectivity index (χ1) is 2.91. The highest BCUT2D eigenvalue weighted by Gasteiger charge is 1.78. The van der Waals surface area contributed by atoms with Crippen molar-refractivity contribution in [1.82, 2.24) is 0 Å². The third kappa shape index (κ3) is 4.15. The maximum atomic E-state index is 11.2. The first-order valence-corrected chi connectivity index (χ1v) is 4.89. The summed E-state index contributed by atoms with van der Waals surface area (Å²) >= 11 is 0. The number of rotatable bonds is 3. The maximum absolute atomic E-state index is 11.2. The Morgan fingerprint density at radius 1 is 1.67 bits per heavy atom. The van der Waals surface area contributed by atoms with Gasteiger partial charge in [-0.25, -0.2) is 0 Å². The van der Waals surface area contributed by atoms with Gasteiger partial charge in [-0.2, -0.15) is 0 Å². The Bertz CT molecular complexity index is 19.5. The van der Waals surface area contributed by atoms with Gasteiger partial charge in [0.1, 0.15) is 0 Å². The Morgan fingerprint density at radius 3 is 2.50 bits per heavy atom. The Hall–Kier alpha value is 0.147. The van der Waals surface area contributed by atoms with Crippen LogP contribution in [-0.4, -0.2) is 16.2 Å². The second-order valence-corrected chi connectivity index (χ2v) is 3.10. The van der Waals surface area contributed by atoms with Crippen LogP contribution in [0.15, 0.2) is 0 Å². The van der Waals surface area contributed by atoms with Gasteiger partial charge in [0.2, 0.25) is 0 Å². The summed E-state index contributed by atoms with van der Waals surface area (Å²) in [6.07, 6.45) is 0.808.